The lowest BCUT2D eigenvalue weighted by Gasteiger charge is -2.06. The van der Waals surface area contributed by atoms with Crippen LogP contribution in [0.15, 0.2) is 0 Å². The molecule has 0 aromatic rings. The molecule has 0 saturated carbocycles. The summed E-state index contributed by atoms with van der Waals surface area (Å²) in [6.45, 7) is -0.358. The van der Waals surface area contributed by atoms with E-state index in [2.05, 4.69) is 9.47 Å². The summed E-state index contributed by atoms with van der Waals surface area (Å²) in [6.07, 6.45) is -1.85. The minimum atomic E-state index is -1.85. The van der Waals surface area contributed by atoms with Crippen molar-refractivity contribution in [3.8, 4) is 0 Å². The van der Waals surface area contributed by atoms with Crippen LogP contribution in [-0.2, 0) is 19.1 Å². The van der Waals surface area contributed by atoms with Gasteiger partial charge in [-0.2, -0.15) is 0 Å². The number of hydrogen-bond donors (Lipinski definition) is 2. The average molecular weight is 164 g/mol. The van der Waals surface area contributed by atoms with Crippen molar-refractivity contribution in [3.05, 3.63) is 0 Å². The van der Waals surface area contributed by atoms with Gasteiger partial charge in [0.25, 0.3) is 6.10 Å². The van der Waals surface area contributed by atoms with Crippen molar-refractivity contribution in [2.24, 2.45) is 0 Å². The monoisotopic (exact) mass is 164 g/mol. The smallest absolute Gasteiger partial charge is 0.344 e. The number of carboxylic acids is 2. The first-order valence-corrected chi connectivity index (χ1v) is 2.65. The number of methoxy groups -OCH3 is 1. The molecule has 64 valence electrons. The molecule has 11 heavy (non-hydrogen) atoms. The van der Waals surface area contributed by atoms with Crippen LogP contribution < -0.4 is 0 Å². The summed E-state index contributed by atoms with van der Waals surface area (Å²) in [5.41, 5.74) is 0. The van der Waals surface area contributed by atoms with Crippen molar-refractivity contribution in [3.63, 3.8) is 0 Å². The molecule has 0 aromatic heterocycles. The molecule has 0 unspecified atom stereocenters. The van der Waals surface area contributed by atoms with Gasteiger partial charge in [-0.25, -0.2) is 9.59 Å². The Bertz CT molecular complexity index is 139. The van der Waals surface area contributed by atoms with Gasteiger partial charge < -0.3 is 19.7 Å². The minimum Gasteiger partial charge on any atom is -0.479 e. The maximum absolute atomic E-state index is 10.1. The van der Waals surface area contributed by atoms with Gasteiger partial charge in [-0.1, -0.05) is 0 Å². The van der Waals surface area contributed by atoms with E-state index in [0.717, 1.165) is 0 Å². The standard InChI is InChI=1S/C5H8O6/c1-10-2-11-3(4(6)7)5(8)9/h3H,2H2,1H3,(H,6,7)(H,8,9). The highest BCUT2D eigenvalue weighted by Gasteiger charge is 2.26. The van der Waals surface area contributed by atoms with Crippen molar-refractivity contribution < 1.29 is 29.3 Å². The van der Waals surface area contributed by atoms with E-state index in [1.807, 2.05) is 0 Å². The molecule has 0 radical (unpaired) electrons. The Hall–Kier alpha value is -1.14. The van der Waals surface area contributed by atoms with E-state index in [4.69, 9.17) is 10.2 Å². The Morgan fingerprint density at radius 1 is 1.36 bits per heavy atom. The van der Waals surface area contributed by atoms with Gasteiger partial charge in [0.1, 0.15) is 6.79 Å². The highest BCUT2D eigenvalue weighted by molar-refractivity contribution is 5.95. The van der Waals surface area contributed by atoms with Gasteiger partial charge in [-0.15, -0.1) is 0 Å². The third-order valence-corrected chi connectivity index (χ3v) is 0.801. The molecule has 0 aliphatic heterocycles. The number of carboxylic acid groups (broad SMARTS) is 2. The molecule has 0 spiro atoms. The van der Waals surface area contributed by atoms with E-state index < -0.39 is 18.0 Å². The van der Waals surface area contributed by atoms with Crippen LogP contribution in [0.4, 0.5) is 0 Å². The molecule has 0 bridgehead atoms. The molecule has 0 fully saturated rings. The lowest BCUT2D eigenvalue weighted by atomic mass is 10.4. The highest BCUT2D eigenvalue weighted by Crippen LogP contribution is 1.92. The van der Waals surface area contributed by atoms with Gasteiger partial charge in [0, 0.05) is 7.11 Å². The Balaban J connectivity index is 3.90. The minimum absolute atomic E-state index is 0.358. The Labute approximate surface area is 62.3 Å². The van der Waals surface area contributed by atoms with Gasteiger partial charge in [0.15, 0.2) is 0 Å². The zero-order valence-corrected chi connectivity index (χ0v) is 5.81. The van der Waals surface area contributed by atoms with Crippen LogP contribution in [0.3, 0.4) is 0 Å². The molecule has 0 aliphatic rings. The fourth-order valence-corrected chi connectivity index (χ4v) is 0.384. The lowest BCUT2D eigenvalue weighted by molar-refractivity contribution is -0.174. The quantitative estimate of drug-likeness (QED) is 0.406. The van der Waals surface area contributed by atoms with E-state index in [0.29, 0.717) is 0 Å². The SMILES string of the molecule is COCOC(C(=O)O)C(=O)O. The maximum atomic E-state index is 10.1. The first-order chi connectivity index (χ1) is 5.09. The number of rotatable bonds is 5. The zero-order valence-electron chi connectivity index (χ0n) is 5.81. The van der Waals surface area contributed by atoms with Crippen molar-refractivity contribution in [2.45, 2.75) is 6.10 Å². The van der Waals surface area contributed by atoms with Gasteiger partial charge >= 0.3 is 11.9 Å². The van der Waals surface area contributed by atoms with Crippen LogP contribution in [0.25, 0.3) is 0 Å². The van der Waals surface area contributed by atoms with Crippen LogP contribution in [0.1, 0.15) is 0 Å². The average Bonchev–Trinajstić information content (AvgIpc) is 1.87. The van der Waals surface area contributed by atoms with Gasteiger partial charge in [-0.05, 0) is 0 Å². The van der Waals surface area contributed by atoms with Gasteiger partial charge in [-0.3, -0.25) is 0 Å². The predicted octanol–water partition coefficient (Wildman–Crippen LogP) is -0.855. The summed E-state index contributed by atoms with van der Waals surface area (Å²) in [7, 11) is 1.26. The summed E-state index contributed by atoms with van der Waals surface area (Å²) >= 11 is 0. The van der Waals surface area contributed by atoms with E-state index in [1.165, 1.54) is 7.11 Å². The van der Waals surface area contributed by atoms with Gasteiger partial charge in [0.2, 0.25) is 0 Å². The molecule has 0 aromatic carbocycles. The second-order valence-electron chi connectivity index (χ2n) is 1.63. The van der Waals surface area contributed by atoms with E-state index in [1.54, 1.807) is 0 Å². The predicted molar refractivity (Wildman–Crippen MR) is 32.0 cm³/mol. The molecule has 2 N–H and O–H groups in total. The molecule has 0 amide bonds. The van der Waals surface area contributed by atoms with Crippen LogP contribution in [0, 0.1) is 0 Å². The van der Waals surface area contributed by atoms with Crippen LogP contribution in [0.5, 0.6) is 0 Å². The molecular weight excluding hydrogens is 156 g/mol. The van der Waals surface area contributed by atoms with Crippen LogP contribution in [-0.4, -0.2) is 42.2 Å². The third-order valence-electron chi connectivity index (χ3n) is 0.801. The second kappa shape index (κ2) is 4.64. The van der Waals surface area contributed by atoms with Gasteiger partial charge in [0.05, 0.1) is 0 Å². The number of carbonyl (C=O) groups is 2. The zero-order chi connectivity index (χ0) is 8.85. The number of hydrogen-bond acceptors (Lipinski definition) is 4. The maximum Gasteiger partial charge on any atom is 0.344 e. The topological polar surface area (TPSA) is 93.1 Å². The highest BCUT2D eigenvalue weighted by atomic mass is 16.7. The summed E-state index contributed by atoms with van der Waals surface area (Å²) in [5.74, 6) is -3.09. The molecule has 0 heterocycles. The van der Waals surface area contributed by atoms with Crippen molar-refractivity contribution in [2.75, 3.05) is 13.9 Å². The van der Waals surface area contributed by atoms with Crippen LogP contribution >= 0.6 is 0 Å². The fourth-order valence-electron chi connectivity index (χ4n) is 0.384. The van der Waals surface area contributed by atoms with Crippen molar-refractivity contribution in [1.82, 2.24) is 0 Å². The Morgan fingerprint density at radius 3 is 2.09 bits per heavy atom. The molecule has 6 heteroatoms. The first-order valence-electron chi connectivity index (χ1n) is 2.65. The second-order valence-corrected chi connectivity index (χ2v) is 1.63. The molecule has 0 saturated heterocycles. The fraction of sp³-hybridized carbons (Fsp3) is 0.600. The van der Waals surface area contributed by atoms with E-state index in [9.17, 15) is 9.59 Å². The largest absolute Gasteiger partial charge is 0.479 e. The molecule has 0 aliphatic carbocycles. The first kappa shape index (κ1) is 9.86. The van der Waals surface area contributed by atoms with Crippen LogP contribution in [0.2, 0.25) is 0 Å². The number of aliphatic carboxylic acids is 2. The molecular formula is C5H8O6. The summed E-state index contributed by atoms with van der Waals surface area (Å²) in [5, 5.41) is 16.4. The normalized spacial score (nSPS) is 10.0. The van der Waals surface area contributed by atoms with Crippen molar-refractivity contribution in [1.29, 1.82) is 0 Å². The molecule has 6 nitrogen and oxygen atoms in total. The third kappa shape index (κ3) is 3.54. The summed E-state index contributed by atoms with van der Waals surface area (Å²) < 4.78 is 8.62. The Morgan fingerprint density at radius 2 is 1.82 bits per heavy atom. The summed E-state index contributed by atoms with van der Waals surface area (Å²) in [6, 6.07) is 0. The van der Waals surface area contributed by atoms with Crippen molar-refractivity contribution >= 4 is 11.9 Å². The molecule has 0 rings (SSSR count). The summed E-state index contributed by atoms with van der Waals surface area (Å²) in [4.78, 5) is 20.2. The number of ether oxygens (including phenoxy) is 2. The lowest BCUT2D eigenvalue weighted by Crippen LogP contribution is -2.33. The Kier molecular flexibility index (Phi) is 4.16. The molecule has 0 atom stereocenters. The van der Waals surface area contributed by atoms with E-state index >= 15 is 0 Å². The van der Waals surface area contributed by atoms with E-state index in [-0.39, 0.29) is 6.79 Å².